The summed E-state index contributed by atoms with van der Waals surface area (Å²) in [6.45, 7) is 0.452. The van der Waals surface area contributed by atoms with E-state index in [-0.39, 0.29) is 29.5 Å². The Morgan fingerprint density at radius 2 is 1.44 bits per heavy atom. The highest BCUT2D eigenvalue weighted by Gasteiger charge is 2.48. The highest BCUT2D eigenvalue weighted by molar-refractivity contribution is 6.03. The maximum Gasteiger partial charge on any atom is 0.233 e. The van der Waals surface area contributed by atoms with Crippen molar-refractivity contribution in [2.45, 2.75) is 31.6 Å². The summed E-state index contributed by atoms with van der Waals surface area (Å²) in [6, 6.07) is 28.9. The molecule has 1 amide bonds. The van der Waals surface area contributed by atoms with Gasteiger partial charge in [0, 0.05) is 5.69 Å². The minimum Gasteiger partial charge on any atom is -0.489 e. The topological polar surface area (TPSA) is 77.4 Å². The molecular formula is C32H33F2N2O3+. The van der Waals surface area contributed by atoms with Crippen LogP contribution >= 0.6 is 0 Å². The second-order valence-electron chi connectivity index (χ2n) is 9.22. The Morgan fingerprint density at radius 3 is 2.05 bits per heavy atom. The van der Waals surface area contributed by atoms with Crippen LogP contribution < -0.4 is 15.4 Å². The second kappa shape index (κ2) is 13.1. The minimum absolute atomic E-state index is 0.0766. The van der Waals surface area contributed by atoms with E-state index in [0.29, 0.717) is 30.7 Å². The van der Waals surface area contributed by atoms with Crippen molar-refractivity contribution in [2.24, 2.45) is 5.92 Å². The number of hydrogen-bond acceptors (Lipinski definition) is 3. The van der Waals surface area contributed by atoms with Crippen LogP contribution in [0.5, 0.6) is 5.75 Å². The first-order chi connectivity index (χ1) is 19.0. The SMILES string of the molecule is C[NH3+].O=C1[C@H](CCC(O)c2ccc(F)cc2)[C@@H](c2ccc(OCc3ccccc3)cc2)N1c1ccc(F)cc1. The van der Waals surface area contributed by atoms with Crippen molar-refractivity contribution >= 4 is 11.6 Å². The maximum absolute atomic E-state index is 13.5. The molecule has 1 saturated heterocycles. The first-order valence-corrected chi connectivity index (χ1v) is 13.0. The molecular weight excluding hydrogens is 498 g/mol. The van der Waals surface area contributed by atoms with Gasteiger partial charge >= 0.3 is 0 Å². The summed E-state index contributed by atoms with van der Waals surface area (Å²) >= 11 is 0. The molecule has 4 aromatic rings. The Labute approximate surface area is 227 Å². The van der Waals surface area contributed by atoms with Crippen molar-refractivity contribution in [3.63, 3.8) is 0 Å². The number of aliphatic hydroxyl groups is 1. The molecule has 1 aliphatic rings. The molecule has 1 unspecified atom stereocenters. The standard InChI is InChI=1S/C31H27F2NO3.CH5N/c32-24-10-6-22(7-11-24)29(35)19-18-28-30(34(31(28)36)26-14-12-25(33)13-15-26)23-8-16-27(17-9-23)37-20-21-4-2-1-3-5-21;1-2/h1-17,28-30,35H,18-20H2;2H2,1H3/p+1/t28-,29?,30-;/m1./s1. The summed E-state index contributed by atoms with van der Waals surface area (Å²) in [5.41, 5.74) is 6.48. The molecule has 0 spiro atoms. The van der Waals surface area contributed by atoms with Gasteiger partial charge < -0.3 is 20.5 Å². The van der Waals surface area contributed by atoms with Gasteiger partial charge in [-0.05, 0) is 78.1 Å². The number of benzene rings is 4. The molecule has 202 valence electrons. The van der Waals surface area contributed by atoms with Crippen molar-refractivity contribution in [3.05, 3.63) is 131 Å². The van der Waals surface area contributed by atoms with E-state index in [1.165, 1.54) is 24.3 Å². The average molecular weight is 532 g/mol. The third kappa shape index (κ3) is 6.69. The molecule has 1 fully saturated rings. The number of hydrogen-bond donors (Lipinski definition) is 2. The summed E-state index contributed by atoms with van der Waals surface area (Å²) in [6.07, 6.45) is 0.00255. The van der Waals surface area contributed by atoms with E-state index in [1.54, 1.807) is 36.2 Å². The summed E-state index contributed by atoms with van der Waals surface area (Å²) < 4.78 is 32.7. The van der Waals surface area contributed by atoms with E-state index in [9.17, 15) is 18.7 Å². The Bertz CT molecular complexity index is 1330. The lowest BCUT2D eigenvalue weighted by Crippen LogP contribution is -2.55. The molecule has 0 radical (unpaired) electrons. The van der Waals surface area contributed by atoms with Gasteiger partial charge in [0.25, 0.3) is 0 Å². The average Bonchev–Trinajstić information content (AvgIpc) is 2.98. The number of quaternary nitrogens is 1. The normalized spacial score (nSPS) is 17.1. The van der Waals surface area contributed by atoms with Crippen LogP contribution in [-0.4, -0.2) is 18.1 Å². The summed E-state index contributed by atoms with van der Waals surface area (Å²) in [4.78, 5) is 14.9. The molecule has 0 aromatic heterocycles. The molecule has 7 heteroatoms. The van der Waals surface area contributed by atoms with Crippen molar-refractivity contribution < 1.29 is 29.2 Å². The van der Waals surface area contributed by atoms with E-state index in [4.69, 9.17) is 4.74 Å². The molecule has 4 N–H and O–H groups in total. The molecule has 39 heavy (non-hydrogen) atoms. The van der Waals surface area contributed by atoms with Crippen LogP contribution in [0.4, 0.5) is 14.5 Å². The number of carbonyl (C=O) groups excluding carboxylic acids is 1. The maximum atomic E-state index is 13.5. The molecule has 5 rings (SSSR count). The Kier molecular flexibility index (Phi) is 9.41. The van der Waals surface area contributed by atoms with Gasteiger partial charge in [0.15, 0.2) is 0 Å². The van der Waals surface area contributed by atoms with E-state index in [2.05, 4.69) is 5.73 Å². The fraction of sp³-hybridized carbons (Fsp3) is 0.219. The molecule has 5 nitrogen and oxygen atoms in total. The summed E-state index contributed by atoms with van der Waals surface area (Å²) in [5, 5.41) is 10.6. The molecule has 0 bridgehead atoms. The number of anilines is 1. The van der Waals surface area contributed by atoms with Crippen molar-refractivity contribution in [1.82, 2.24) is 0 Å². The van der Waals surface area contributed by atoms with Crippen molar-refractivity contribution in [3.8, 4) is 5.75 Å². The highest BCUT2D eigenvalue weighted by Crippen LogP contribution is 2.46. The Balaban J connectivity index is 0.00000172. The van der Waals surface area contributed by atoms with Gasteiger partial charge in [0.2, 0.25) is 5.91 Å². The van der Waals surface area contributed by atoms with Crippen LogP contribution in [-0.2, 0) is 11.4 Å². The van der Waals surface area contributed by atoms with E-state index in [1.807, 2.05) is 54.6 Å². The monoisotopic (exact) mass is 531 g/mol. The zero-order valence-corrected chi connectivity index (χ0v) is 21.8. The van der Waals surface area contributed by atoms with Crippen LogP contribution in [0.25, 0.3) is 0 Å². The van der Waals surface area contributed by atoms with E-state index < -0.39 is 6.10 Å². The van der Waals surface area contributed by atoms with Gasteiger partial charge in [-0.3, -0.25) is 4.79 Å². The second-order valence-corrected chi connectivity index (χ2v) is 9.22. The van der Waals surface area contributed by atoms with E-state index in [0.717, 1.165) is 16.9 Å². The highest BCUT2D eigenvalue weighted by atomic mass is 19.1. The van der Waals surface area contributed by atoms with Crippen molar-refractivity contribution in [2.75, 3.05) is 11.9 Å². The molecule has 4 aromatic carbocycles. The number of nitrogens with zero attached hydrogens (tertiary/aromatic N) is 1. The number of halogens is 2. The predicted octanol–water partition coefficient (Wildman–Crippen LogP) is 5.62. The summed E-state index contributed by atoms with van der Waals surface area (Å²) in [7, 11) is 1.75. The number of aliphatic hydroxyl groups excluding tert-OH is 1. The predicted molar refractivity (Wildman–Crippen MR) is 147 cm³/mol. The van der Waals surface area contributed by atoms with Crippen LogP contribution in [0.15, 0.2) is 103 Å². The summed E-state index contributed by atoms with van der Waals surface area (Å²) in [5.74, 6) is -0.443. The van der Waals surface area contributed by atoms with Crippen LogP contribution in [0.2, 0.25) is 0 Å². The Morgan fingerprint density at radius 1 is 0.846 bits per heavy atom. The van der Waals surface area contributed by atoms with Gasteiger partial charge in [0.1, 0.15) is 24.0 Å². The number of ether oxygens (including phenoxy) is 1. The number of amides is 1. The van der Waals surface area contributed by atoms with Gasteiger partial charge in [0.05, 0.1) is 25.1 Å². The lowest BCUT2D eigenvalue weighted by molar-refractivity contribution is -0.325. The fourth-order valence-electron chi connectivity index (χ4n) is 4.79. The lowest BCUT2D eigenvalue weighted by Gasteiger charge is -2.48. The number of carbonyl (C=O) groups is 1. The zero-order chi connectivity index (χ0) is 27.8. The van der Waals surface area contributed by atoms with Crippen LogP contribution in [0, 0.1) is 17.6 Å². The van der Waals surface area contributed by atoms with Crippen LogP contribution in [0.1, 0.15) is 41.7 Å². The number of rotatable bonds is 9. The van der Waals surface area contributed by atoms with Gasteiger partial charge in [-0.25, -0.2) is 8.78 Å². The van der Waals surface area contributed by atoms with Gasteiger partial charge in [-0.15, -0.1) is 0 Å². The molecule has 0 saturated carbocycles. The molecule has 1 heterocycles. The van der Waals surface area contributed by atoms with E-state index >= 15 is 0 Å². The molecule has 0 aliphatic carbocycles. The third-order valence-corrected chi connectivity index (χ3v) is 6.79. The van der Waals surface area contributed by atoms with Crippen molar-refractivity contribution in [1.29, 1.82) is 0 Å². The fourth-order valence-corrected chi connectivity index (χ4v) is 4.79. The first-order valence-electron chi connectivity index (χ1n) is 13.0. The molecule has 3 atom stereocenters. The molecule has 1 aliphatic heterocycles. The largest absolute Gasteiger partial charge is 0.489 e. The first kappa shape index (κ1) is 28.0. The van der Waals surface area contributed by atoms with Gasteiger partial charge in [-0.2, -0.15) is 0 Å². The lowest BCUT2D eigenvalue weighted by atomic mass is 9.78. The minimum atomic E-state index is -0.803. The van der Waals surface area contributed by atoms with Gasteiger partial charge in [-0.1, -0.05) is 54.6 Å². The van der Waals surface area contributed by atoms with Crippen LogP contribution in [0.3, 0.4) is 0 Å². The third-order valence-electron chi connectivity index (χ3n) is 6.79. The number of β-lactam (4-membered cyclic amide) rings is 1. The Hall–Kier alpha value is -4.07. The zero-order valence-electron chi connectivity index (χ0n) is 21.8. The smallest absolute Gasteiger partial charge is 0.233 e. The quantitative estimate of drug-likeness (QED) is 0.275.